The maximum atomic E-state index is 9.49. The molecule has 5 heteroatoms. The van der Waals surface area contributed by atoms with Crippen molar-refractivity contribution in [3.8, 4) is 5.75 Å². The molecule has 0 aliphatic carbocycles. The minimum Gasteiger partial charge on any atom is -0.487 e. The van der Waals surface area contributed by atoms with Gasteiger partial charge in [0.05, 0.1) is 12.3 Å². The zero-order valence-corrected chi connectivity index (χ0v) is 10.8. The van der Waals surface area contributed by atoms with Crippen LogP contribution in [0.3, 0.4) is 0 Å². The third kappa shape index (κ3) is 2.87. The molecule has 1 unspecified atom stereocenters. The van der Waals surface area contributed by atoms with Gasteiger partial charge in [-0.25, -0.2) is 0 Å². The van der Waals surface area contributed by atoms with E-state index in [1.54, 1.807) is 11.6 Å². The maximum Gasteiger partial charge on any atom is 0.134 e. The summed E-state index contributed by atoms with van der Waals surface area (Å²) in [5.74, 6) is 0.796. The number of aryl methyl sites for hydroxylation is 2. The molecule has 0 radical (unpaired) electrons. The average Bonchev–Trinajstić information content (AvgIpc) is 2.73. The highest BCUT2D eigenvalue weighted by molar-refractivity contribution is 5.36. The Hall–Kier alpha value is -1.88. The summed E-state index contributed by atoms with van der Waals surface area (Å²) in [5, 5.41) is 17.3. The van der Waals surface area contributed by atoms with Gasteiger partial charge in [-0.2, -0.15) is 0 Å². The predicted molar refractivity (Wildman–Crippen MR) is 67.1 cm³/mol. The Morgan fingerprint density at radius 3 is 2.78 bits per heavy atom. The van der Waals surface area contributed by atoms with E-state index in [2.05, 4.69) is 10.3 Å². The Morgan fingerprint density at radius 1 is 1.44 bits per heavy atom. The van der Waals surface area contributed by atoms with E-state index in [1.807, 2.05) is 38.4 Å². The SMILES string of the molecule is Cc1cc(C(C)O)ccc1OCc1cn(C)nn1. The molecular formula is C13H17N3O2. The van der Waals surface area contributed by atoms with E-state index in [-0.39, 0.29) is 0 Å². The second-order valence-corrected chi connectivity index (χ2v) is 4.37. The van der Waals surface area contributed by atoms with Crippen LogP contribution in [0.25, 0.3) is 0 Å². The van der Waals surface area contributed by atoms with Crippen LogP contribution in [0.1, 0.15) is 29.8 Å². The number of ether oxygens (including phenoxy) is 1. The molecule has 2 aromatic rings. The highest BCUT2D eigenvalue weighted by atomic mass is 16.5. The van der Waals surface area contributed by atoms with E-state index in [9.17, 15) is 5.11 Å². The lowest BCUT2D eigenvalue weighted by Gasteiger charge is -2.11. The molecule has 0 saturated carbocycles. The van der Waals surface area contributed by atoms with Crippen molar-refractivity contribution in [3.63, 3.8) is 0 Å². The Morgan fingerprint density at radius 2 is 2.22 bits per heavy atom. The van der Waals surface area contributed by atoms with Gasteiger partial charge in [-0.3, -0.25) is 4.68 Å². The van der Waals surface area contributed by atoms with Crippen LogP contribution in [0.5, 0.6) is 5.75 Å². The first-order valence-electron chi connectivity index (χ1n) is 5.83. The first kappa shape index (κ1) is 12.6. The summed E-state index contributed by atoms with van der Waals surface area (Å²) in [6, 6.07) is 5.66. The van der Waals surface area contributed by atoms with Crippen LogP contribution < -0.4 is 4.74 Å². The van der Waals surface area contributed by atoms with E-state index >= 15 is 0 Å². The molecule has 0 bridgehead atoms. The average molecular weight is 247 g/mol. The topological polar surface area (TPSA) is 60.2 Å². The summed E-state index contributed by atoms with van der Waals surface area (Å²) in [6.45, 7) is 4.09. The number of rotatable bonds is 4. The smallest absolute Gasteiger partial charge is 0.134 e. The van der Waals surface area contributed by atoms with Gasteiger partial charge in [-0.05, 0) is 37.1 Å². The summed E-state index contributed by atoms with van der Waals surface area (Å²) in [4.78, 5) is 0. The molecule has 2 rings (SSSR count). The van der Waals surface area contributed by atoms with Crippen LogP contribution in [0.2, 0.25) is 0 Å². The molecule has 1 heterocycles. The van der Waals surface area contributed by atoms with Gasteiger partial charge in [0.25, 0.3) is 0 Å². The van der Waals surface area contributed by atoms with Gasteiger partial charge in [0.2, 0.25) is 0 Å². The van der Waals surface area contributed by atoms with Gasteiger partial charge in [0.15, 0.2) is 0 Å². The number of benzene rings is 1. The Labute approximate surface area is 106 Å². The standard InChI is InChI=1S/C13H17N3O2/c1-9-6-11(10(2)17)4-5-13(9)18-8-12-7-16(3)15-14-12/h4-7,10,17H,8H2,1-3H3. The molecule has 1 aromatic heterocycles. The van der Waals surface area contributed by atoms with Crippen molar-refractivity contribution in [3.05, 3.63) is 41.2 Å². The highest BCUT2D eigenvalue weighted by Gasteiger charge is 2.06. The first-order chi connectivity index (χ1) is 8.56. The molecule has 0 amide bonds. The van der Waals surface area contributed by atoms with E-state index in [1.165, 1.54) is 0 Å². The van der Waals surface area contributed by atoms with Crippen LogP contribution in [0.4, 0.5) is 0 Å². The molecule has 96 valence electrons. The Bertz CT molecular complexity index is 535. The van der Waals surface area contributed by atoms with Crippen molar-refractivity contribution in [1.82, 2.24) is 15.0 Å². The summed E-state index contributed by atoms with van der Waals surface area (Å²) in [5.41, 5.74) is 2.67. The summed E-state index contributed by atoms with van der Waals surface area (Å²) in [7, 11) is 1.82. The largest absolute Gasteiger partial charge is 0.487 e. The fraction of sp³-hybridized carbons (Fsp3) is 0.385. The second-order valence-electron chi connectivity index (χ2n) is 4.37. The van der Waals surface area contributed by atoms with Crippen molar-refractivity contribution in [2.75, 3.05) is 0 Å². The van der Waals surface area contributed by atoms with Crippen LogP contribution in [0.15, 0.2) is 24.4 Å². The minimum atomic E-state index is -0.460. The van der Waals surface area contributed by atoms with E-state index in [0.29, 0.717) is 6.61 Å². The second kappa shape index (κ2) is 5.18. The predicted octanol–water partition coefficient (Wildman–Crippen LogP) is 1.76. The lowest BCUT2D eigenvalue weighted by Crippen LogP contribution is -1.99. The fourth-order valence-electron chi connectivity index (χ4n) is 1.71. The maximum absolute atomic E-state index is 9.49. The number of hydrogen-bond acceptors (Lipinski definition) is 4. The zero-order chi connectivity index (χ0) is 13.1. The number of hydrogen-bond donors (Lipinski definition) is 1. The van der Waals surface area contributed by atoms with Crippen LogP contribution >= 0.6 is 0 Å². The molecule has 0 fully saturated rings. The number of aromatic nitrogens is 3. The molecule has 0 spiro atoms. The highest BCUT2D eigenvalue weighted by Crippen LogP contribution is 2.23. The van der Waals surface area contributed by atoms with Gasteiger partial charge in [0.1, 0.15) is 18.1 Å². The van der Waals surface area contributed by atoms with Crippen molar-refractivity contribution < 1.29 is 9.84 Å². The van der Waals surface area contributed by atoms with Crippen molar-refractivity contribution >= 4 is 0 Å². The quantitative estimate of drug-likeness (QED) is 0.894. The number of aliphatic hydroxyl groups is 1. The fourth-order valence-corrected chi connectivity index (χ4v) is 1.71. The minimum absolute atomic E-state index is 0.392. The molecule has 0 aliphatic rings. The van der Waals surface area contributed by atoms with Gasteiger partial charge >= 0.3 is 0 Å². The third-order valence-corrected chi connectivity index (χ3v) is 2.71. The van der Waals surface area contributed by atoms with E-state index < -0.39 is 6.10 Å². The molecule has 0 aliphatic heterocycles. The molecular weight excluding hydrogens is 230 g/mol. The summed E-state index contributed by atoms with van der Waals surface area (Å²) >= 11 is 0. The van der Waals surface area contributed by atoms with Crippen LogP contribution in [-0.2, 0) is 13.7 Å². The summed E-state index contributed by atoms with van der Waals surface area (Å²) in [6.07, 6.45) is 1.36. The van der Waals surface area contributed by atoms with Crippen molar-refractivity contribution in [2.24, 2.45) is 7.05 Å². The molecule has 1 atom stereocenters. The molecule has 18 heavy (non-hydrogen) atoms. The van der Waals surface area contributed by atoms with Crippen LogP contribution in [-0.4, -0.2) is 20.1 Å². The van der Waals surface area contributed by atoms with Gasteiger partial charge < -0.3 is 9.84 Å². The van der Waals surface area contributed by atoms with Crippen LogP contribution in [0, 0.1) is 6.92 Å². The number of nitrogens with zero attached hydrogens (tertiary/aromatic N) is 3. The normalized spacial score (nSPS) is 12.4. The van der Waals surface area contributed by atoms with Gasteiger partial charge in [-0.15, -0.1) is 5.10 Å². The number of aliphatic hydroxyl groups excluding tert-OH is 1. The third-order valence-electron chi connectivity index (χ3n) is 2.71. The van der Waals surface area contributed by atoms with E-state index in [0.717, 1.165) is 22.6 Å². The van der Waals surface area contributed by atoms with Crippen molar-refractivity contribution in [1.29, 1.82) is 0 Å². The Balaban J connectivity index is 2.05. The molecule has 1 aromatic carbocycles. The lowest BCUT2D eigenvalue weighted by atomic mass is 10.1. The van der Waals surface area contributed by atoms with E-state index in [4.69, 9.17) is 4.74 Å². The van der Waals surface area contributed by atoms with Gasteiger partial charge in [-0.1, -0.05) is 11.3 Å². The van der Waals surface area contributed by atoms with Gasteiger partial charge in [0, 0.05) is 7.05 Å². The first-order valence-corrected chi connectivity index (χ1v) is 5.83. The lowest BCUT2D eigenvalue weighted by molar-refractivity contribution is 0.199. The van der Waals surface area contributed by atoms with Crippen molar-refractivity contribution in [2.45, 2.75) is 26.6 Å². The molecule has 1 N–H and O–H groups in total. The molecule has 0 saturated heterocycles. The Kier molecular flexibility index (Phi) is 3.62. The molecule has 5 nitrogen and oxygen atoms in total. The zero-order valence-electron chi connectivity index (χ0n) is 10.8. The monoisotopic (exact) mass is 247 g/mol. The summed E-state index contributed by atoms with van der Waals surface area (Å²) < 4.78 is 7.31.